The van der Waals surface area contributed by atoms with E-state index in [2.05, 4.69) is 15.3 Å². The van der Waals surface area contributed by atoms with Crippen molar-refractivity contribution in [1.82, 2.24) is 19.9 Å². The first-order valence-electron chi connectivity index (χ1n) is 7.00. The van der Waals surface area contributed by atoms with Gasteiger partial charge in [-0.05, 0) is 31.2 Å². The van der Waals surface area contributed by atoms with Gasteiger partial charge in [0.25, 0.3) is 5.91 Å². The van der Waals surface area contributed by atoms with Gasteiger partial charge in [-0.3, -0.25) is 4.79 Å². The predicted molar refractivity (Wildman–Crippen MR) is 84.0 cm³/mol. The molecule has 0 radical (unpaired) electrons. The highest BCUT2D eigenvalue weighted by molar-refractivity contribution is 5.93. The van der Waals surface area contributed by atoms with E-state index in [1.165, 1.54) is 0 Å². The SMILES string of the molecule is COc1ccc2[nH]c(CNC(=O)c3c(C)ncn3C)cc2c1. The molecule has 0 unspecified atom stereocenters. The molecule has 3 rings (SSSR count). The molecule has 0 saturated carbocycles. The molecule has 0 atom stereocenters. The van der Waals surface area contributed by atoms with Gasteiger partial charge in [0.2, 0.25) is 0 Å². The Hall–Kier alpha value is -2.76. The lowest BCUT2D eigenvalue weighted by molar-refractivity contribution is 0.0941. The van der Waals surface area contributed by atoms with E-state index < -0.39 is 0 Å². The number of H-pyrrole nitrogens is 1. The van der Waals surface area contributed by atoms with Crippen LogP contribution in [0.2, 0.25) is 0 Å². The third-order valence-corrected chi connectivity index (χ3v) is 3.66. The number of aromatic nitrogens is 3. The zero-order valence-corrected chi connectivity index (χ0v) is 12.8. The van der Waals surface area contributed by atoms with E-state index in [1.807, 2.05) is 38.2 Å². The zero-order valence-electron chi connectivity index (χ0n) is 12.8. The molecule has 0 spiro atoms. The molecule has 3 aromatic rings. The Bertz CT molecular complexity index is 812. The molecule has 114 valence electrons. The number of rotatable bonds is 4. The number of aryl methyl sites for hydroxylation is 2. The summed E-state index contributed by atoms with van der Waals surface area (Å²) in [5, 5.41) is 3.97. The maximum absolute atomic E-state index is 12.2. The van der Waals surface area contributed by atoms with E-state index in [1.54, 1.807) is 18.0 Å². The number of carbonyl (C=O) groups is 1. The summed E-state index contributed by atoms with van der Waals surface area (Å²) in [6.07, 6.45) is 1.64. The van der Waals surface area contributed by atoms with Crippen LogP contribution < -0.4 is 10.1 Å². The smallest absolute Gasteiger partial charge is 0.270 e. The number of imidazole rings is 1. The van der Waals surface area contributed by atoms with Crippen LogP contribution in [0.5, 0.6) is 5.75 Å². The van der Waals surface area contributed by atoms with Crippen molar-refractivity contribution in [2.24, 2.45) is 7.05 Å². The summed E-state index contributed by atoms with van der Waals surface area (Å²) in [6, 6.07) is 7.83. The highest BCUT2D eigenvalue weighted by Gasteiger charge is 2.14. The maximum atomic E-state index is 12.2. The molecule has 1 amide bonds. The lowest BCUT2D eigenvalue weighted by Crippen LogP contribution is -2.25. The van der Waals surface area contributed by atoms with Crippen molar-refractivity contribution in [1.29, 1.82) is 0 Å². The van der Waals surface area contributed by atoms with Gasteiger partial charge in [0, 0.05) is 23.6 Å². The van der Waals surface area contributed by atoms with Gasteiger partial charge in [-0.2, -0.15) is 0 Å². The van der Waals surface area contributed by atoms with Crippen LogP contribution in [-0.4, -0.2) is 27.6 Å². The first-order chi connectivity index (χ1) is 10.6. The van der Waals surface area contributed by atoms with Crippen LogP contribution in [-0.2, 0) is 13.6 Å². The summed E-state index contributed by atoms with van der Waals surface area (Å²) < 4.78 is 6.93. The molecule has 2 heterocycles. The number of methoxy groups -OCH3 is 1. The van der Waals surface area contributed by atoms with E-state index in [9.17, 15) is 4.79 Å². The lowest BCUT2D eigenvalue weighted by Gasteiger charge is -2.05. The summed E-state index contributed by atoms with van der Waals surface area (Å²) in [5.74, 6) is 0.682. The van der Waals surface area contributed by atoms with E-state index in [0.717, 1.165) is 28.0 Å². The number of aromatic amines is 1. The van der Waals surface area contributed by atoms with Crippen LogP contribution in [0.3, 0.4) is 0 Å². The second-order valence-corrected chi connectivity index (χ2v) is 5.22. The van der Waals surface area contributed by atoms with Crippen molar-refractivity contribution >= 4 is 16.8 Å². The minimum atomic E-state index is -0.131. The van der Waals surface area contributed by atoms with Crippen molar-refractivity contribution in [3.8, 4) is 5.75 Å². The van der Waals surface area contributed by atoms with Crippen LogP contribution in [0.25, 0.3) is 10.9 Å². The van der Waals surface area contributed by atoms with Crippen LogP contribution in [0.1, 0.15) is 21.9 Å². The number of benzene rings is 1. The molecule has 0 saturated heterocycles. The first kappa shape index (κ1) is 14.2. The summed E-state index contributed by atoms with van der Waals surface area (Å²) >= 11 is 0. The molecular formula is C16H18N4O2. The Morgan fingerprint density at radius 2 is 2.23 bits per heavy atom. The summed E-state index contributed by atoms with van der Waals surface area (Å²) in [5.41, 5.74) is 3.26. The van der Waals surface area contributed by atoms with Crippen molar-refractivity contribution in [3.05, 3.63) is 47.7 Å². The molecule has 6 nitrogen and oxygen atoms in total. The predicted octanol–water partition coefficient (Wildman–Crippen LogP) is 2.15. The molecule has 22 heavy (non-hydrogen) atoms. The molecular weight excluding hydrogens is 280 g/mol. The van der Waals surface area contributed by atoms with Gasteiger partial charge >= 0.3 is 0 Å². The van der Waals surface area contributed by atoms with Gasteiger partial charge in [-0.15, -0.1) is 0 Å². The second-order valence-electron chi connectivity index (χ2n) is 5.22. The molecule has 0 aliphatic rings. The van der Waals surface area contributed by atoms with Gasteiger partial charge in [0.1, 0.15) is 11.4 Å². The number of amides is 1. The number of nitrogens with zero attached hydrogens (tertiary/aromatic N) is 2. The molecule has 0 bridgehead atoms. The average Bonchev–Trinajstić information content (AvgIpc) is 3.07. The van der Waals surface area contributed by atoms with E-state index >= 15 is 0 Å². The fourth-order valence-corrected chi connectivity index (χ4v) is 2.52. The molecule has 0 aliphatic heterocycles. The number of hydrogen-bond acceptors (Lipinski definition) is 3. The fraction of sp³-hybridized carbons (Fsp3) is 0.250. The van der Waals surface area contributed by atoms with E-state index in [-0.39, 0.29) is 5.91 Å². The number of hydrogen-bond donors (Lipinski definition) is 2. The van der Waals surface area contributed by atoms with Crippen molar-refractivity contribution in [2.45, 2.75) is 13.5 Å². The van der Waals surface area contributed by atoms with Crippen LogP contribution in [0.15, 0.2) is 30.6 Å². The maximum Gasteiger partial charge on any atom is 0.270 e. The highest BCUT2D eigenvalue weighted by Crippen LogP contribution is 2.21. The quantitative estimate of drug-likeness (QED) is 0.775. The molecule has 6 heteroatoms. The average molecular weight is 298 g/mol. The van der Waals surface area contributed by atoms with Gasteiger partial charge in [-0.1, -0.05) is 0 Å². The Labute approximate surface area is 128 Å². The van der Waals surface area contributed by atoms with E-state index in [0.29, 0.717) is 12.2 Å². The number of nitrogens with one attached hydrogen (secondary N) is 2. The van der Waals surface area contributed by atoms with Gasteiger partial charge in [0.15, 0.2) is 0 Å². The lowest BCUT2D eigenvalue weighted by atomic mass is 10.2. The Balaban J connectivity index is 1.75. The second kappa shape index (κ2) is 5.55. The molecule has 2 N–H and O–H groups in total. The number of fused-ring (bicyclic) bond motifs is 1. The molecule has 0 aliphatic carbocycles. The third kappa shape index (κ3) is 2.55. The standard InChI is InChI=1S/C16H18N4O2/c1-10-15(20(2)9-18-10)16(21)17-8-12-6-11-7-13(22-3)4-5-14(11)19-12/h4-7,9,19H,8H2,1-3H3,(H,17,21). The van der Waals surface area contributed by atoms with Crippen LogP contribution >= 0.6 is 0 Å². The largest absolute Gasteiger partial charge is 0.497 e. The first-order valence-corrected chi connectivity index (χ1v) is 7.00. The number of ether oxygens (including phenoxy) is 1. The van der Waals surface area contributed by atoms with Crippen LogP contribution in [0.4, 0.5) is 0 Å². The Kier molecular flexibility index (Phi) is 3.58. The topological polar surface area (TPSA) is 71.9 Å². The molecule has 0 fully saturated rings. The Morgan fingerprint density at radius 1 is 1.41 bits per heavy atom. The normalized spacial score (nSPS) is 10.9. The third-order valence-electron chi connectivity index (χ3n) is 3.66. The van der Waals surface area contributed by atoms with Crippen molar-refractivity contribution in [3.63, 3.8) is 0 Å². The Morgan fingerprint density at radius 3 is 2.91 bits per heavy atom. The van der Waals surface area contributed by atoms with Gasteiger partial charge in [-0.25, -0.2) is 4.98 Å². The molecule has 2 aromatic heterocycles. The molecule has 1 aromatic carbocycles. The van der Waals surface area contributed by atoms with Crippen LogP contribution in [0, 0.1) is 6.92 Å². The zero-order chi connectivity index (χ0) is 15.7. The number of carbonyl (C=O) groups excluding carboxylic acids is 1. The summed E-state index contributed by atoms with van der Waals surface area (Å²) in [4.78, 5) is 19.6. The monoisotopic (exact) mass is 298 g/mol. The summed E-state index contributed by atoms with van der Waals surface area (Å²) in [6.45, 7) is 2.25. The minimum absolute atomic E-state index is 0.131. The summed E-state index contributed by atoms with van der Waals surface area (Å²) in [7, 11) is 3.45. The highest BCUT2D eigenvalue weighted by atomic mass is 16.5. The van der Waals surface area contributed by atoms with Crippen molar-refractivity contribution < 1.29 is 9.53 Å². The van der Waals surface area contributed by atoms with Gasteiger partial charge in [0.05, 0.1) is 25.7 Å². The minimum Gasteiger partial charge on any atom is -0.497 e. The fourth-order valence-electron chi connectivity index (χ4n) is 2.52. The van der Waals surface area contributed by atoms with Crippen molar-refractivity contribution in [2.75, 3.05) is 7.11 Å². The van der Waals surface area contributed by atoms with E-state index in [4.69, 9.17) is 4.74 Å². The van der Waals surface area contributed by atoms with Gasteiger partial charge < -0.3 is 19.6 Å².